The number of hydrogen-bond donors (Lipinski definition) is 2. The summed E-state index contributed by atoms with van der Waals surface area (Å²) in [6.45, 7) is 0. The van der Waals surface area contributed by atoms with Crippen LogP contribution in [0.25, 0.3) is 11.3 Å². The van der Waals surface area contributed by atoms with E-state index >= 15 is 0 Å². The number of amides is 3. The Bertz CT molecular complexity index is 1420. The molecule has 35 heavy (non-hydrogen) atoms. The predicted molar refractivity (Wildman–Crippen MR) is 124 cm³/mol. The summed E-state index contributed by atoms with van der Waals surface area (Å²) in [5, 5.41) is 9.21. The number of aromatic nitrogens is 2. The molecule has 2 aromatic carbocycles. The van der Waals surface area contributed by atoms with E-state index in [0.29, 0.717) is 35.9 Å². The lowest BCUT2D eigenvalue weighted by Gasteiger charge is -2.28. The van der Waals surface area contributed by atoms with Crippen molar-refractivity contribution in [1.29, 1.82) is 0 Å². The molecule has 1 fully saturated rings. The zero-order valence-electron chi connectivity index (χ0n) is 18.8. The minimum absolute atomic E-state index is 0.237. The van der Waals surface area contributed by atoms with Crippen molar-refractivity contribution in [3.63, 3.8) is 0 Å². The first kappa shape index (κ1) is 22.4. The smallest absolute Gasteiger partial charge is 0.319 e. The molecule has 0 saturated carbocycles. The third-order valence-electron chi connectivity index (χ3n) is 6.55. The van der Waals surface area contributed by atoms with Gasteiger partial charge < -0.3 is 5.32 Å². The van der Waals surface area contributed by atoms with Crippen molar-refractivity contribution >= 4 is 24.0 Å². The Morgan fingerprint density at radius 3 is 2.54 bits per heavy atom. The lowest BCUT2D eigenvalue weighted by atomic mass is 9.81. The number of halogens is 1. The molecule has 9 heteroatoms. The number of rotatable bonds is 6. The Kier molecular flexibility index (Phi) is 5.39. The van der Waals surface area contributed by atoms with Gasteiger partial charge in [0.1, 0.15) is 17.1 Å². The zero-order valence-corrected chi connectivity index (χ0v) is 18.8. The Balaban J connectivity index is 1.42. The number of allylic oxidation sites excluding steroid dienone is 2. The molecule has 1 aliphatic heterocycles. The zero-order chi connectivity index (χ0) is 24.7. The van der Waals surface area contributed by atoms with Crippen LogP contribution in [0.4, 0.5) is 9.18 Å². The molecular weight excluding hydrogens is 451 g/mol. The van der Waals surface area contributed by atoms with E-state index in [1.165, 1.54) is 18.2 Å². The Morgan fingerprint density at radius 2 is 1.89 bits per heavy atom. The van der Waals surface area contributed by atoms with E-state index in [9.17, 15) is 23.6 Å². The molecule has 0 unspecified atom stereocenters. The number of carbonyl (C=O) groups is 4. The summed E-state index contributed by atoms with van der Waals surface area (Å²) >= 11 is 0. The standard InChI is InChI=1S/C26H21FN4O4/c1-31-22(13-20(14-32)30-31)16-2-5-18(6-3-16)26(24(34)28-25(35)29-26)9-8-15-10-17-4-7-19(27)12-21(17)23(33)11-15/h2-7,11-14H,8-10H2,1H3,(H2,28,29,34,35)/t26-/m1/s1. The van der Waals surface area contributed by atoms with Gasteiger partial charge in [-0.25, -0.2) is 9.18 Å². The number of carbonyl (C=O) groups excluding carboxylic acids is 4. The molecule has 3 amide bonds. The quantitative estimate of drug-likeness (QED) is 0.423. The number of nitrogens with zero attached hydrogens (tertiary/aromatic N) is 2. The van der Waals surface area contributed by atoms with Crippen LogP contribution >= 0.6 is 0 Å². The number of urea groups is 1. The lowest BCUT2D eigenvalue weighted by Crippen LogP contribution is -2.44. The number of aldehydes is 1. The molecule has 5 rings (SSSR count). The van der Waals surface area contributed by atoms with E-state index in [0.717, 1.165) is 22.4 Å². The highest BCUT2D eigenvalue weighted by molar-refractivity contribution is 6.08. The van der Waals surface area contributed by atoms with E-state index in [-0.39, 0.29) is 12.2 Å². The largest absolute Gasteiger partial charge is 0.322 e. The van der Waals surface area contributed by atoms with Gasteiger partial charge in [0, 0.05) is 12.6 Å². The third kappa shape index (κ3) is 3.95. The molecule has 1 atom stereocenters. The van der Waals surface area contributed by atoms with Gasteiger partial charge >= 0.3 is 6.03 Å². The average Bonchev–Trinajstić information content (AvgIpc) is 3.36. The number of imide groups is 1. The molecule has 0 spiro atoms. The van der Waals surface area contributed by atoms with Crippen LogP contribution in [0, 0.1) is 5.82 Å². The summed E-state index contributed by atoms with van der Waals surface area (Å²) in [6, 6.07) is 12.3. The van der Waals surface area contributed by atoms with Crippen molar-refractivity contribution in [1.82, 2.24) is 20.4 Å². The van der Waals surface area contributed by atoms with Crippen LogP contribution in [-0.4, -0.2) is 33.8 Å². The van der Waals surface area contributed by atoms with Gasteiger partial charge in [0.15, 0.2) is 12.1 Å². The molecule has 176 valence electrons. The molecule has 0 bridgehead atoms. The maximum Gasteiger partial charge on any atom is 0.322 e. The second kappa shape index (κ2) is 8.43. The highest BCUT2D eigenvalue weighted by atomic mass is 19.1. The van der Waals surface area contributed by atoms with Crippen molar-refractivity contribution in [3.05, 3.63) is 88.4 Å². The molecule has 2 N–H and O–H groups in total. The van der Waals surface area contributed by atoms with Crippen LogP contribution in [0.3, 0.4) is 0 Å². The highest BCUT2D eigenvalue weighted by Gasteiger charge is 2.47. The Labute approximate surface area is 199 Å². The van der Waals surface area contributed by atoms with Gasteiger partial charge in [-0.05, 0) is 60.2 Å². The van der Waals surface area contributed by atoms with Gasteiger partial charge in [-0.3, -0.25) is 24.4 Å². The molecule has 1 saturated heterocycles. The Hall–Kier alpha value is -4.40. The normalized spacial score (nSPS) is 19.1. The van der Waals surface area contributed by atoms with E-state index in [4.69, 9.17) is 0 Å². The fourth-order valence-corrected chi connectivity index (χ4v) is 4.76. The molecule has 1 aliphatic carbocycles. The summed E-state index contributed by atoms with van der Waals surface area (Å²) in [4.78, 5) is 48.6. The van der Waals surface area contributed by atoms with E-state index in [1.54, 1.807) is 48.1 Å². The van der Waals surface area contributed by atoms with Crippen LogP contribution in [0.1, 0.15) is 44.8 Å². The first-order valence-corrected chi connectivity index (χ1v) is 11.0. The van der Waals surface area contributed by atoms with Crippen molar-refractivity contribution in [2.45, 2.75) is 24.8 Å². The van der Waals surface area contributed by atoms with Crippen LogP contribution in [0.2, 0.25) is 0 Å². The van der Waals surface area contributed by atoms with Gasteiger partial charge in [0.25, 0.3) is 5.91 Å². The maximum absolute atomic E-state index is 13.5. The molecular formula is C26H21FN4O4. The summed E-state index contributed by atoms with van der Waals surface area (Å²) in [5.74, 6) is -1.20. The minimum Gasteiger partial charge on any atom is -0.319 e. The third-order valence-corrected chi connectivity index (χ3v) is 6.55. The topological polar surface area (TPSA) is 110 Å². The Morgan fingerprint density at radius 1 is 1.11 bits per heavy atom. The molecule has 0 radical (unpaired) electrons. The van der Waals surface area contributed by atoms with Gasteiger partial charge in [-0.1, -0.05) is 35.9 Å². The van der Waals surface area contributed by atoms with Gasteiger partial charge in [0.2, 0.25) is 0 Å². The molecule has 3 aromatic rings. The summed E-state index contributed by atoms with van der Waals surface area (Å²) in [5.41, 5.74) is 3.00. The lowest BCUT2D eigenvalue weighted by molar-refractivity contribution is -0.124. The maximum atomic E-state index is 13.5. The molecule has 2 aliphatic rings. The number of benzene rings is 2. The summed E-state index contributed by atoms with van der Waals surface area (Å²) in [7, 11) is 1.73. The minimum atomic E-state index is -1.30. The van der Waals surface area contributed by atoms with Gasteiger partial charge in [-0.15, -0.1) is 0 Å². The first-order valence-electron chi connectivity index (χ1n) is 11.0. The van der Waals surface area contributed by atoms with Crippen LogP contribution in [-0.2, 0) is 23.8 Å². The molecule has 2 heterocycles. The summed E-state index contributed by atoms with van der Waals surface area (Å²) < 4.78 is 15.1. The van der Waals surface area contributed by atoms with Gasteiger partial charge in [0.05, 0.1) is 5.69 Å². The van der Waals surface area contributed by atoms with Gasteiger partial charge in [-0.2, -0.15) is 5.10 Å². The number of nitrogens with one attached hydrogen (secondary N) is 2. The fraction of sp³-hybridized carbons (Fsp3) is 0.192. The second-order valence-electron chi connectivity index (χ2n) is 8.73. The average molecular weight is 472 g/mol. The SMILES string of the molecule is Cn1nc(C=O)cc1-c1ccc([C@@]2(CCC3=CC(=O)c4cc(F)ccc4C3)NC(=O)NC2=O)cc1. The number of aryl methyl sites for hydroxylation is 1. The van der Waals surface area contributed by atoms with E-state index in [2.05, 4.69) is 15.7 Å². The van der Waals surface area contributed by atoms with E-state index in [1.807, 2.05) is 0 Å². The van der Waals surface area contributed by atoms with Crippen LogP contribution < -0.4 is 10.6 Å². The van der Waals surface area contributed by atoms with Crippen molar-refractivity contribution in [3.8, 4) is 11.3 Å². The summed E-state index contributed by atoms with van der Waals surface area (Å²) in [6.07, 6.45) is 3.24. The molecule has 8 nitrogen and oxygen atoms in total. The van der Waals surface area contributed by atoms with Crippen LogP contribution in [0.5, 0.6) is 0 Å². The van der Waals surface area contributed by atoms with Crippen molar-refractivity contribution < 1.29 is 23.6 Å². The molecule has 1 aromatic heterocycles. The van der Waals surface area contributed by atoms with E-state index < -0.39 is 23.3 Å². The number of fused-ring (bicyclic) bond motifs is 1. The highest BCUT2D eigenvalue weighted by Crippen LogP contribution is 2.35. The predicted octanol–water partition coefficient (Wildman–Crippen LogP) is 3.22. The van der Waals surface area contributed by atoms with Crippen LogP contribution in [0.15, 0.2) is 60.2 Å². The fourth-order valence-electron chi connectivity index (χ4n) is 4.76. The number of hydrogen-bond acceptors (Lipinski definition) is 5. The van der Waals surface area contributed by atoms with Crippen molar-refractivity contribution in [2.75, 3.05) is 0 Å². The second-order valence-corrected chi connectivity index (χ2v) is 8.73. The number of ketones is 1. The first-order chi connectivity index (χ1) is 16.8. The van der Waals surface area contributed by atoms with Crippen molar-refractivity contribution in [2.24, 2.45) is 7.05 Å². The monoisotopic (exact) mass is 472 g/mol.